The molecule has 25 heavy (non-hydrogen) atoms. The fourth-order valence-corrected chi connectivity index (χ4v) is 8.00. The van der Waals surface area contributed by atoms with Gasteiger partial charge in [-0.1, -0.05) is 57.8 Å². The highest BCUT2D eigenvalue weighted by molar-refractivity contribution is 8.77. The lowest BCUT2D eigenvalue weighted by Crippen LogP contribution is -2.32. The minimum Gasteiger partial charge on any atom is -0.342 e. The molecule has 0 radical (unpaired) electrons. The van der Waals surface area contributed by atoms with E-state index in [1.165, 1.54) is 30.6 Å². The Morgan fingerprint density at radius 3 is 2.84 bits per heavy atom. The van der Waals surface area contributed by atoms with E-state index >= 15 is 0 Å². The Kier molecular flexibility index (Phi) is 8.22. The quantitative estimate of drug-likeness (QED) is 0.415. The molecule has 0 spiro atoms. The summed E-state index contributed by atoms with van der Waals surface area (Å²) in [6.45, 7) is 1.73. The van der Waals surface area contributed by atoms with Crippen molar-refractivity contribution in [3.8, 4) is 0 Å². The summed E-state index contributed by atoms with van der Waals surface area (Å²) in [5, 5.41) is 2.08. The molecule has 2 nitrogen and oxygen atoms in total. The molecule has 1 aromatic rings. The van der Waals surface area contributed by atoms with E-state index in [0.717, 1.165) is 42.0 Å². The molecule has 138 valence electrons. The van der Waals surface area contributed by atoms with E-state index < -0.39 is 0 Å². The number of thioether (sulfide) groups is 1. The highest BCUT2D eigenvalue weighted by Crippen LogP contribution is 2.40. The van der Waals surface area contributed by atoms with Crippen molar-refractivity contribution in [1.82, 2.24) is 4.90 Å². The van der Waals surface area contributed by atoms with Gasteiger partial charge in [0, 0.05) is 46.5 Å². The van der Waals surface area contributed by atoms with Crippen molar-refractivity contribution in [3.05, 3.63) is 34.9 Å². The zero-order valence-electron chi connectivity index (χ0n) is 14.5. The van der Waals surface area contributed by atoms with Crippen LogP contribution >= 0.6 is 45.0 Å². The van der Waals surface area contributed by atoms with Gasteiger partial charge in [0.05, 0.1) is 0 Å². The molecule has 2 saturated heterocycles. The molecule has 1 aromatic carbocycles. The van der Waals surface area contributed by atoms with Crippen LogP contribution in [0.15, 0.2) is 24.3 Å². The number of benzene rings is 1. The number of rotatable bonds is 6. The number of nitrogens with zero attached hydrogens (tertiary/aromatic N) is 1. The minimum atomic E-state index is 0.342. The van der Waals surface area contributed by atoms with Crippen molar-refractivity contribution in [3.63, 3.8) is 0 Å². The number of unbranched alkanes of at least 4 members (excludes halogenated alkanes) is 1. The summed E-state index contributed by atoms with van der Waals surface area (Å²) >= 11 is 8.29. The monoisotopic (exact) mass is 415 g/mol. The lowest BCUT2D eigenvalue weighted by atomic mass is 10.1. The summed E-state index contributed by atoms with van der Waals surface area (Å²) in [5.41, 5.74) is 1.22. The zero-order valence-corrected chi connectivity index (χ0v) is 17.7. The molecule has 2 aliphatic rings. The molecule has 2 heterocycles. The van der Waals surface area contributed by atoms with Gasteiger partial charge in [-0.05, 0) is 37.3 Å². The smallest absolute Gasteiger partial charge is 0.222 e. The third kappa shape index (κ3) is 6.02. The SMILES string of the molecule is O=C(CCCCC1CCSS1)N1CCSC(c2ccccc2Cl)CC1. The third-order valence-corrected chi connectivity index (χ3v) is 9.50. The Hall–Kier alpha value is 0.0300. The van der Waals surface area contributed by atoms with Gasteiger partial charge in [0.2, 0.25) is 5.91 Å². The van der Waals surface area contributed by atoms with Crippen LogP contribution in [0.25, 0.3) is 0 Å². The topological polar surface area (TPSA) is 20.3 Å². The summed E-state index contributed by atoms with van der Waals surface area (Å²) < 4.78 is 0. The van der Waals surface area contributed by atoms with Crippen LogP contribution in [0.5, 0.6) is 0 Å². The van der Waals surface area contributed by atoms with Gasteiger partial charge < -0.3 is 4.90 Å². The van der Waals surface area contributed by atoms with Crippen LogP contribution in [0.1, 0.15) is 49.3 Å². The Balaban J connectivity index is 1.41. The molecule has 0 aliphatic carbocycles. The summed E-state index contributed by atoms with van der Waals surface area (Å²) in [6.07, 6.45) is 6.56. The fourth-order valence-electron chi connectivity index (χ4n) is 3.38. The van der Waals surface area contributed by atoms with E-state index in [1.54, 1.807) is 0 Å². The van der Waals surface area contributed by atoms with Crippen LogP contribution in [0, 0.1) is 0 Å². The van der Waals surface area contributed by atoms with Crippen LogP contribution < -0.4 is 0 Å². The number of hydrogen-bond acceptors (Lipinski definition) is 4. The summed E-state index contributed by atoms with van der Waals surface area (Å²) in [4.78, 5) is 14.6. The van der Waals surface area contributed by atoms with Gasteiger partial charge in [-0.3, -0.25) is 4.79 Å². The molecular formula is C19H26ClNOS3. The number of halogens is 1. The maximum atomic E-state index is 12.5. The molecule has 0 N–H and O–H groups in total. The van der Waals surface area contributed by atoms with Gasteiger partial charge in [-0.25, -0.2) is 0 Å². The largest absolute Gasteiger partial charge is 0.342 e. The van der Waals surface area contributed by atoms with E-state index in [9.17, 15) is 4.79 Å². The average molecular weight is 416 g/mol. The van der Waals surface area contributed by atoms with E-state index in [1.807, 2.05) is 45.5 Å². The standard InChI is InChI=1S/C19H26ClNOS3/c20-17-7-3-2-6-16(17)18-9-11-21(12-14-23-18)19(22)8-4-1-5-15-10-13-24-25-15/h2-3,6-7,15,18H,1,4-5,8-14H2. The summed E-state index contributed by atoms with van der Waals surface area (Å²) in [7, 11) is 4.04. The van der Waals surface area contributed by atoms with Crippen LogP contribution in [0.2, 0.25) is 5.02 Å². The number of carbonyl (C=O) groups is 1. The van der Waals surface area contributed by atoms with Crippen LogP contribution in [0.4, 0.5) is 0 Å². The predicted octanol–water partition coefficient (Wildman–Crippen LogP) is 6.06. The maximum absolute atomic E-state index is 12.5. The van der Waals surface area contributed by atoms with Gasteiger partial charge in [0.25, 0.3) is 0 Å². The van der Waals surface area contributed by atoms with Crippen LogP contribution in [-0.2, 0) is 4.79 Å². The molecule has 2 unspecified atom stereocenters. The third-order valence-electron chi connectivity index (χ3n) is 4.84. The maximum Gasteiger partial charge on any atom is 0.222 e. The second-order valence-electron chi connectivity index (χ2n) is 6.63. The number of hydrogen-bond donors (Lipinski definition) is 0. The van der Waals surface area contributed by atoms with Gasteiger partial charge in [0.1, 0.15) is 0 Å². The highest BCUT2D eigenvalue weighted by Gasteiger charge is 2.23. The van der Waals surface area contributed by atoms with E-state index in [-0.39, 0.29) is 0 Å². The van der Waals surface area contributed by atoms with Crippen molar-refractivity contribution >= 4 is 50.9 Å². The van der Waals surface area contributed by atoms with Crippen LogP contribution in [-0.4, -0.2) is 40.7 Å². The van der Waals surface area contributed by atoms with Crippen molar-refractivity contribution in [1.29, 1.82) is 0 Å². The van der Waals surface area contributed by atoms with Gasteiger partial charge >= 0.3 is 0 Å². The molecule has 6 heteroatoms. The summed E-state index contributed by atoms with van der Waals surface area (Å²) in [6, 6.07) is 8.12. The lowest BCUT2D eigenvalue weighted by Gasteiger charge is -2.20. The first-order valence-corrected chi connectivity index (χ1v) is 13.0. The molecule has 3 rings (SSSR count). The zero-order chi connectivity index (χ0) is 17.5. The fraction of sp³-hybridized carbons (Fsp3) is 0.632. The van der Waals surface area contributed by atoms with Crippen molar-refractivity contribution in [2.45, 2.75) is 49.0 Å². The molecular weight excluding hydrogens is 390 g/mol. The lowest BCUT2D eigenvalue weighted by molar-refractivity contribution is -0.131. The number of amides is 1. The van der Waals surface area contributed by atoms with Gasteiger partial charge in [-0.2, -0.15) is 11.8 Å². The Labute approximate surface area is 168 Å². The predicted molar refractivity (Wildman–Crippen MR) is 115 cm³/mol. The second-order valence-corrected chi connectivity index (χ2v) is 11.1. The van der Waals surface area contributed by atoms with E-state index in [4.69, 9.17) is 11.6 Å². The molecule has 2 aliphatic heterocycles. The highest BCUT2D eigenvalue weighted by atomic mass is 35.5. The van der Waals surface area contributed by atoms with E-state index in [0.29, 0.717) is 17.6 Å². The molecule has 1 amide bonds. The molecule has 0 aromatic heterocycles. The first kappa shape index (κ1) is 19.8. The van der Waals surface area contributed by atoms with Crippen molar-refractivity contribution in [2.24, 2.45) is 0 Å². The average Bonchev–Trinajstić information content (AvgIpc) is 3.02. The van der Waals surface area contributed by atoms with Crippen LogP contribution in [0.3, 0.4) is 0 Å². The second kappa shape index (κ2) is 10.4. The number of carbonyl (C=O) groups excluding carboxylic acids is 1. The molecule has 2 fully saturated rings. The minimum absolute atomic E-state index is 0.342. The van der Waals surface area contributed by atoms with Gasteiger partial charge in [0.15, 0.2) is 0 Å². The van der Waals surface area contributed by atoms with Crippen molar-refractivity contribution in [2.75, 3.05) is 24.6 Å². The molecule has 0 saturated carbocycles. The van der Waals surface area contributed by atoms with Crippen molar-refractivity contribution < 1.29 is 4.79 Å². The normalized spacial score (nSPS) is 24.3. The van der Waals surface area contributed by atoms with Gasteiger partial charge in [-0.15, -0.1) is 0 Å². The summed E-state index contributed by atoms with van der Waals surface area (Å²) in [5.74, 6) is 2.64. The molecule has 2 atom stereocenters. The Morgan fingerprint density at radius 2 is 2.04 bits per heavy atom. The first-order chi connectivity index (χ1) is 12.2. The Bertz CT molecular complexity index is 565. The molecule has 0 bridgehead atoms. The first-order valence-electron chi connectivity index (χ1n) is 9.16. The van der Waals surface area contributed by atoms with E-state index in [2.05, 4.69) is 17.0 Å². The Morgan fingerprint density at radius 1 is 1.16 bits per heavy atom.